The number of H-pyrrole nitrogens is 1. The van der Waals surface area contributed by atoms with Crippen molar-refractivity contribution in [1.29, 1.82) is 0 Å². The van der Waals surface area contributed by atoms with Crippen molar-refractivity contribution >= 4 is 34.5 Å². The molecule has 0 bridgehead atoms. The van der Waals surface area contributed by atoms with Gasteiger partial charge in [0.2, 0.25) is 0 Å². The summed E-state index contributed by atoms with van der Waals surface area (Å²) in [5.74, 6) is 0.627. The second-order valence-electron chi connectivity index (χ2n) is 5.73. The van der Waals surface area contributed by atoms with Gasteiger partial charge in [0.25, 0.3) is 5.56 Å². The van der Waals surface area contributed by atoms with E-state index in [1.165, 1.54) is 16.3 Å². The van der Waals surface area contributed by atoms with Crippen LogP contribution < -0.4 is 11.2 Å². The maximum absolute atomic E-state index is 12.3. The second-order valence-corrected chi connectivity index (χ2v) is 7.08. The summed E-state index contributed by atoms with van der Waals surface area (Å²) in [6.45, 7) is 3.95. The molecule has 0 unspecified atom stereocenters. The van der Waals surface area contributed by atoms with Crippen LogP contribution in [0, 0.1) is 0 Å². The van der Waals surface area contributed by atoms with Crippen LogP contribution in [0.25, 0.3) is 11.2 Å². The van der Waals surface area contributed by atoms with Crippen LogP contribution >= 0.6 is 23.4 Å². The molecule has 2 heterocycles. The number of halogens is 1. The number of hydrogen-bond acceptors (Lipinski definition) is 4. The molecule has 0 aliphatic carbocycles. The quantitative estimate of drug-likeness (QED) is 0.722. The van der Waals surface area contributed by atoms with Gasteiger partial charge in [-0.2, -0.15) is 0 Å². The number of nitrogens with one attached hydrogen (secondary N) is 1. The number of aryl methyl sites for hydroxylation is 1. The Morgan fingerprint density at radius 3 is 2.67 bits per heavy atom. The van der Waals surface area contributed by atoms with Crippen LogP contribution in [0.15, 0.2) is 39.0 Å². The summed E-state index contributed by atoms with van der Waals surface area (Å²) in [4.78, 5) is 30.9. The summed E-state index contributed by atoms with van der Waals surface area (Å²) >= 11 is 7.69. The highest BCUT2D eigenvalue weighted by Gasteiger charge is 2.19. The first-order valence-corrected chi connectivity index (χ1v) is 8.84. The lowest BCUT2D eigenvalue weighted by Gasteiger charge is -2.12. The summed E-state index contributed by atoms with van der Waals surface area (Å²) in [7, 11) is 1.60. The number of aromatic amines is 1. The zero-order valence-electron chi connectivity index (χ0n) is 13.5. The number of thioether (sulfide) groups is 1. The third-order valence-corrected chi connectivity index (χ3v) is 5.12. The molecular formula is C16H17ClN4O2S. The zero-order valence-corrected chi connectivity index (χ0v) is 15.1. The second kappa shape index (κ2) is 6.49. The number of aromatic nitrogens is 4. The molecule has 0 spiro atoms. The van der Waals surface area contributed by atoms with Crippen molar-refractivity contribution in [1.82, 2.24) is 19.1 Å². The molecule has 0 saturated heterocycles. The van der Waals surface area contributed by atoms with E-state index in [1.54, 1.807) is 7.05 Å². The fourth-order valence-corrected chi connectivity index (χ4v) is 3.93. The van der Waals surface area contributed by atoms with Crippen LogP contribution in [0.5, 0.6) is 0 Å². The first-order valence-electron chi connectivity index (χ1n) is 7.47. The SMILES string of the molecule is CC(C)n1c(SCc2ccccc2Cl)nc2c1c(=O)[nH]c(=O)n2C. The molecule has 126 valence electrons. The number of rotatable bonds is 4. The molecule has 24 heavy (non-hydrogen) atoms. The first kappa shape index (κ1) is 16.9. The number of imidazole rings is 1. The van der Waals surface area contributed by atoms with E-state index >= 15 is 0 Å². The van der Waals surface area contributed by atoms with E-state index in [-0.39, 0.29) is 6.04 Å². The Morgan fingerprint density at radius 2 is 2.00 bits per heavy atom. The Morgan fingerprint density at radius 1 is 1.29 bits per heavy atom. The minimum Gasteiger partial charge on any atom is -0.311 e. The Kier molecular flexibility index (Phi) is 4.56. The van der Waals surface area contributed by atoms with Crippen molar-refractivity contribution in [2.75, 3.05) is 0 Å². The van der Waals surface area contributed by atoms with E-state index in [9.17, 15) is 9.59 Å². The van der Waals surface area contributed by atoms with E-state index in [1.807, 2.05) is 42.7 Å². The molecule has 0 aliphatic rings. The van der Waals surface area contributed by atoms with Crippen LogP contribution in [0.1, 0.15) is 25.5 Å². The normalized spacial score (nSPS) is 11.5. The lowest BCUT2D eigenvalue weighted by atomic mass is 10.2. The molecule has 8 heteroatoms. The van der Waals surface area contributed by atoms with Gasteiger partial charge in [-0.05, 0) is 25.5 Å². The van der Waals surface area contributed by atoms with Crippen molar-refractivity contribution in [2.45, 2.75) is 30.8 Å². The average molecular weight is 365 g/mol. The highest BCUT2D eigenvalue weighted by Crippen LogP contribution is 2.29. The van der Waals surface area contributed by atoms with Crippen molar-refractivity contribution in [3.8, 4) is 0 Å². The van der Waals surface area contributed by atoms with Gasteiger partial charge in [0.15, 0.2) is 16.3 Å². The minimum atomic E-state index is -0.469. The Hall–Kier alpha value is -1.99. The van der Waals surface area contributed by atoms with E-state index in [0.29, 0.717) is 27.1 Å². The topological polar surface area (TPSA) is 72.7 Å². The summed E-state index contributed by atoms with van der Waals surface area (Å²) in [6, 6.07) is 7.65. The van der Waals surface area contributed by atoms with E-state index in [0.717, 1.165) is 5.56 Å². The zero-order chi connectivity index (χ0) is 17.4. The summed E-state index contributed by atoms with van der Waals surface area (Å²) in [5.41, 5.74) is 0.907. The maximum Gasteiger partial charge on any atom is 0.329 e. The van der Waals surface area contributed by atoms with E-state index in [2.05, 4.69) is 9.97 Å². The molecule has 6 nitrogen and oxygen atoms in total. The van der Waals surface area contributed by atoms with Gasteiger partial charge in [-0.25, -0.2) is 9.78 Å². The molecule has 3 aromatic rings. The Balaban J connectivity index is 2.11. The summed E-state index contributed by atoms with van der Waals surface area (Å²) < 4.78 is 3.21. The largest absolute Gasteiger partial charge is 0.329 e. The molecule has 3 rings (SSSR count). The molecule has 2 aromatic heterocycles. The molecule has 1 N–H and O–H groups in total. The Labute approximate surface area is 147 Å². The molecule has 0 saturated carbocycles. The van der Waals surface area contributed by atoms with Gasteiger partial charge < -0.3 is 4.57 Å². The van der Waals surface area contributed by atoms with Gasteiger partial charge >= 0.3 is 5.69 Å². The third-order valence-electron chi connectivity index (χ3n) is 3.75. The van der Waals surface area contributed by atoms with Crippen molar-refractivity contribution in [3.63, 3.8) is 0 Å². The number of benzene rings is 1. The van der Waals surface area contributed by atoms with Gasteiger partial charge in [-0.1, -0.05) is 41.6 Å². The summed E-state index contributed by atoms with van der Waals surface area (Å²) in [5, 5.41) is 1.38. The van der Waals surface area contributed by atoms with Gasteiger partial charge in [0.1, 0.15) is 0 Å². The van der Waals surface area contributed by atoms with Gasteiger partial charge in [0, 0.05) is 23.9 Å². The van der Waals surface area contributed by atoms with Crippen molar-refractivity contribution < 1.29 is 0 Å². The third kappa shape index (κ3) is 2.89. The molecule has 0 aliphatic heterocycles. The van der Waals surface area contributed by atoms with Crippen LogP contribution in [0.3, 0.4) is 0 Å². The monoisotopic (exact) mass is 364 g/mol. The number of nitrogens with zero attached hydrogens (tertiary/aromatic N) is 3. The fraction of sp³-hybridized carbons (Fsp3) is 0.312. The van der Waals surface area contributed by atoms with Crippen LogP contribution in [-0.4, -0.2) is 19.1 Å². The predicted octanol–water partition coefficient (Wildman–Crippen LogP) is 2.95. The Bertz CT molecular complexity index is 1020. The van der Waals surface area contributed by atoms with Gasteiger partial charge in [0.05, 0.1) is 0 Å². The minimum absolute atomic E-state index is 0.0300. The highest BCUT2D eigenvalue weighted by molar-refractivity contribution is 7.98. The standard InChI is InChI=1S/C16H17ClN4O2S/c1-9(2)21-12-13(20(3)15(23)19-14(12)22)18-16(21)24-8-10-6-4-5-7-11(10)17/h4-7,9H,8H2,1-3H3,(H,19,22,23). The fourth-order valence-electron chi connectivity index (χ4n) is 2.52. The average Bonchev–Trinajstić information content (AvgIpc) is 2.92. The lowest BCUT2D eigenvalue weighted by Crippen LogP contribution is -2.29. The number of hydrogen-bond donors (Lipinski definition) is 1. The predicted molar refractivity (Wildman–Crippen MR) is 97.0 cm³/mol. The molecular weight excluding hydrogens is 348 g/mol. The summed E-state index contributed by atoms with van der Waals surface area (Å²) in [6.07, 6.45) is 0. The van der Waals surface area contributed by atoms with Crippen LogP contribution in [0.4, 0.5) is 0 Å². The van der Waals surface area contributed by atoms with E-state index < -0.39 is 11.2 Å². The highest BCUT2D eigenvalue weighted by atomic mass is 35.5. The molecule has 0 radical (unpaired) electrons. The van der Waals surface area contributed by atoms with Crippen molar-refractivity contribution in [3.05, 3.63) is 55.7 Å². The van der Waals surface area contributed by atoms with Crippen LogP contribution in [0.2, 0.25) is 5.02 Å². The van der Waals surface area contributed by atoms with Crippen LogP contribution in [-0.2, 0) is 12.8 Å². The molecule has 0 fully saturated rings. The molecule has 0 atom stereocenters. The molecule has 1 aromatic carbocycles. The number of fused-ring (bicyclic) bond motifs is 1. The van der Waals surface area contributed by atoms with Gasteiger partial charge in [-0.15, -0.1) is 0 Å². The smallest absolute Gasteiger partial charge is 0.311 e. The lowest BCUT2D eigenvalue weighted by molar-refractivity contribution is 0.564. The van der Waals surface area contributed by atoms with E-state index in [4.69, 9.17) is 11.6 Å². The maximum atomic E-state index is 12.3. The molecule has 0 amide bonds. The van der Waals surface area contributed by atoms with Crippen molar-refractivity contribution in [2.24, 2.45) is 7.05 Å². The first-order chi connectivity index (χ1) is 11.4. The van der Waals surface area contributed by atoms with Gasteiger partial charge in [-0.3, -0.25) is 14.3 Å².